The molecule has 1 fully saturated rings. The summed E-state index contributed by atoms with van der Waals surface area (Å²) in [6, 6.07) is 1.95. The number of carbonyl (C=O) groups is 1. The van der Waals surface area contributed by atoms with E-state index in [4.69, 9.17) is 16.3 Å². The lowest BCUT2D eigenvalue weighted by Gasteiger charge is -2.35. The van der Waals surface area contributed by atoms with Crippen molar-refractivity contribution in [1.82, 2.24) is 15.3 Å². The Balaban J connectivity index is 1.85. The van der Waals surface area contributed by atoms with E-state index in [1.807, 2.05) is 6.92 Å². The Hall–Kier alpha value is -1.72. The van der Waals surface area contributed by atoms with Gasteiger partial charge < -0.3 is 10.1 Å². The van der Waals surface area contributed by atoms with Crippen molar-refractivity contribution in [2.24, 2.45) is 0 Å². The lowest BCUT2D eigenvalue weighted by Crippen LogP contribution is -2.48. The number of ether oxygens (including phenoxy) is 1. The molecule has 0 radical (unpaired) electrons. The van der Waals surface area contributed by atoms with E-state index in [-0.39, 0.29) is 24.0 Å². The molecule has 0 saturated heterocycles. The summed E-state index contributed by atoms with van der Waals surface area (Å²) in [7, 11) is 0. The average molecular weight is 348 g/mol. The summed E-state index contributed by atoms with van der Waals surface area (Å²) >= 11 is 6.04. The Labute approximate surface area is 146 Å². The number of hydrogen-bond acceptors (Lipinski definition) is 4. The van der Waals surface area contributed by atoms with Crippen LogP contribution in [-0.2, 0) is 4.74 Å². The van der Waals surface area contributed by atoms with Gasteiger partial charge in [0, 0.05) is 30.4 Å². The van der Waals surface area contributed by atoms with Crippen LogP contribution in [0, 0.1) is 0 Å². The highest BCUT2D eigenvalue weighted by Gasteiger charge is 2.31. The molecule has 1 aliphatic carbocycles. The first-order valence-electron chi connectivity index (χ1n) is 8.36. The molecule has 2 aromatic rings. The van der Waals surface area contributed by atoms with Crippen molar-refractivity contribution in [3.63, 3.8) is 0 Å². The van der Waals surface area contributed by atoms with Crippen molar-refractivity contribution in [3.8, 4) is 0 Å². The number of nitrogens with one attached hydrogen (secondary N) is 1. The number of aromatic nitrogens is 2. The van der Waals surface area contributed by atoms with E-state index in [2.05, 4.69) is 29.1 Å². The second-order valence-corrected chi connectivity index (χ2v) is 6.88. The van der Waals surface area contributed by atoms with Crippen LogP contribution in [-0.4, -0.2) is 34.6 Å². The number of pyridine rings is 2. The molecule has 0 aliphatic heterocycles. The van der Waals surface area contributed by atoms with Gasteiger partial charge in [0.2, 0.25) is 0 Å². The summed E-state index contributed by atoms with van der Waals surface area (Å²) in [5.74, 6) is 0.119. The average Bonchev–Trinajstić information content (AvgIpc) is 2.51. The number of amides is 1. The van der Waals surface area contributed by atoms with Gasteiger partial charge in [-0.1, -0.05) is 25.4 Å². The summed E-state index contributed by atoms with van der Waals surface area (Å²) in [5, 5.41) is 5.13. The summed E-state index contributed by atoms with van der Waals surface area (Å²) in [5.41, 5.74) is 1.46. The summed E-state index contributed by atoms with van der Waals surface area (Å²) in [6.07, 6.45) is 5.36. The number of fused-ring (bicyclic) bond motifs is 1. The third kappa shape index (κ3) is 3.37. The number of hydrogen-bond donors (Lipinski definition) is 1. The van der Waals surface area contributed by atoms with Gasteiger partial charge in [0.05, 0.1) is 6.10 Å². The number of nitrogens with zero attached hydrogens (tertiary/aromatic N) is 2. The van der Waals surface area contributed by atoms with Crippen molar-refractivity contribution in [1.29, 1.82) is 0 Å². The molecule has 128 valence electrons. The fraction of sp³-hybridized carbons (Fsp3) is 0.500. The molecule has 5 nitrogen and oxygen atoms in total. The monoisotopic (exact) mass is 347 g/mol. The van der Waals surface area contributed by atoms with Crippen molar-refractivity contribution >= 4 is 28.3 Å². The quantitative estimate of drug-likeness (QED) is 0.837. The minimum atomic E-state index is -0.167. The first-order valence-corrected chi connectivity index (χ1v) is 8.74. The van der Waals surface area contributed by atoms with Crippen LogP contribution >= 0.6 is 11.6 Å². The van der Waals surface area contributed by atoms with Gasteiger partial charge in [-0.05, 0) is 42.7 Å². The minimum Gasteiger partial charge on any atom is -0.378 e. The molecule has 0 atom stereocenters. The lowest BCUT2D eigenvalue weighted by molar-refractivity contribution is -0.00865. The molecular weight excluding hydrogens is 326 g/mol. The highest BCUT2D eigenvalue weighted by molar-refractivity contribution is 6.30. The van der Waals surface area contributed by atoms with E-state index in [1.54, 1.807) is 18.5 Å². The Bertz CT molecular complexity index is 757. The zero-order valence-corrected chi connectivity index (χ0v) is 14.9. The smallest absolute Gasteiger partial charge is 0.270 e. The fourth-order valence-electron chi connectivity index (χ4n) is 3.08. The maximum absolute atomic E-state index is 12.6. The molecule has 2 aromatic heterocycles. The zero-order valence-electron chi connectivity index (χ0n) is 14.2. The zero-order chi connectivity index (χ0) is 17.3. The van der Waals surface area contributed by atoms with Gasteiger partial charge in [-0.25, -0.2) is 4.98 Å². The first-order chi connectivity index (χ1) is 11.5. The minimum absolute atomic E-state index is 0.149. The van der Waals surface area contributed by atoms with E-state index in [0.29, 0.717) is 17.5 Å². The highest BCUT2D eigenvalue weighted by atomic mass is 35.5. The lowest BCUT2D eigenvalue weighted by atomic mass is 9.89. The van der Waals surface area contributed by atoms with Crippen LogP contribution in [0.5, 0.6) is 0 Å². The van der Waals surface area contributed by atoms with Crippen molar-refractivity contribution in [2.75, 3.05) is 6.61 Å². The number of halogens is 1. The van der Waals surface area contributed by atoms with E-state index >= 15 is 0 Å². The SMILES string of the molecule is CCO[C@H]1C[C@H](NC(=O)c2ncc(C(C)C)c3cc(Cl)ncc23)C1. The largest absolute Gasteiger partial charge is 0.378 e. The molecule has 1 N–H and O–H groups in total. The summed E-state index contributed by atoms with van der Waals surface area (Å²) in [4.78, 5) is 21.1. The van der Waals surface area contributed by atoms with Gasteiger partial charge >= 0.3 is 0 Å². The normalized spacial score (nSPS) is 20.2. The maximum Gasteiger partial charge on any atom is 0.270 e. The predicted molar refractivity (Wildman–Crippen MR) is 94.5 cm³/mol. The van der Waals surface area contributed by atoms with Gasteiger partial charge in [0.15, 0.2) is 0 Å². The van der Waals surface area contributed by atoms with Crippen molar-refractivity contribution in [3.05, 3.63) is 34.9 Å². The molecule has 1 aliphatic rings. The second kappa shape index (κ2) is 7.03. The van der Waals surface area contributed by atoms with Crippen molar-refractivity contribution in [2.45, 2.75) is 51.7 Å². The molecule has 0 bridgehead atoms. The molecule has 24 heavy (non-hydrogen) atoms. The highest BCUT2D eigenvalue weighted by Crippen LogP contribution is 2.29. The van der Waals surface area contributed by atoms with E-state index in [0.717, 1.165) is 29.2 Å². The maximum atomic E-state index is 12.6. The molecular formula is C18H22ClN3O2. The Morgan fingerprint density at radius 3 is 2.75 bits per heavy atom. The van der Waals surface area contributed by atoms with Gasteiger partial charge in [-0.2, -0.15) is 0 Å². The summed E-state index contributed by atoms with van der Waals surface area (Å²) < 4.78 is 5.53. The van der Waals surface area contributed by atoms with Crippen LogP contribution in [0.3, 0.4) is 0 Å². The predicted octanol–water partition coefficient (Wildman–Crippen LogP) is 3.70. The Morgan fingerprint density at radius 1 is 1.33 bits per heavy atom. The van der Waals surface area contributed by atoms with Crippen LogP contribution < -0.4 is 5.32 Å². The third-order valence-electron chi connectivity index (χ3n) is 4.44. The second-order valence-electron chi connectivity index (χ2n) is 6.49. The third-order valence-corrected chi connectivity index (χ3v) is 4.65. The van der Waals surface area contributed by atoms with Crippen LogP contribution in [0.15, 0.2) is 18.5 Å². The Morgan fingerprint density at radius 2 is 2.08 bits per heavy atom. The molecule has 6 heteroatoms. The standard InChI is InChI=1S/C18H22ClN3O2/c1-4-24-12-5-11(6-12)22-18(23)17-15-9-20-16(19)7-13(15)14(8-21-17)10(2)3/h7-12H,4-6H2,1-3H3,(H,22,23)/t11-,12-. The molecule has 0 aromatic carbocycles. The Kier molecular flexibility index (Phi) is 5.01. The molecule has 2 heterocycles. The molecule has 0 spiro atoms. The van der Waals surface area contributed by atoms with Crippen LogP contribution in [0.2, 0.25) is 5.15 Å². The number of rotatable bonds is 5. The molecule has 0 unspecified atom stereocenters. The van der Waals surface area contributed by atoms with Crippen LogP contribution in [0.4, 0.5) is 0 Å². The molecule has 1 saturated carbocycles. The van der Waals surface area contributed by atoms with Gasteiger partial charge in [-0.3, -0.25) is 9.78 Å². The molecule has 1 amide bonds. The van der Waals surface area contributed by atoms with Crippen molar-refractivity contribution < 1.29 is 9.53 Å². The van der Waals surface area contributed by atoms with E-state index in [1.165, 1.54) is 0 Å². The van der Waals surface area contributed by atoms with Gasteiger partial charge in [0.1, 0.15) is 10.8 Å². The summed E-state index contributed by atoms with van der Waals surface area (Å²) in [6.45, 7) is 6.87. The van der Waals surface area contributed by atoms with Gasteiger partial charge in [0.25, 0.3) is 5.91 Å². The van der Waals surface area contributed by atoms with Crippen LogP contribution in [0.25, 0.3) is 10.8 Å². The van der Waals surface area contributed by atoms with Crippen LogP contribution in [0.1, 0.15) is 55.6 Å². The van der Waals surface area contributed by atoms with E-state index < -0.39 is 0 Å². The fourth-order valence-corrected chi connectivity index (χ4v) is 3.24. The van der Waals surface area contributed by atoms with Gasteiger partial charge in [-0.15, -0.1) is 0 Å². The topological polar surface area (TPSA) is 64.1 Å². The molecule has 3 rings (SSSR count). The first kappa shape index (κ1) is 17.1. The van der Waals surface area contributed by atoms with E-state index in [9.17, 15) is 4.79 Å². The number of carbonyl (C=O) groups excluding carboxylic acids is 1.